The first-order valence-corrected chi connectivity index (χ1v) is 9.25. The van der Waals surface area contributed by atoms with E-state index in [0.29, 0.717) is 4.47 Å². The fourth-order valence-corrected chi connectivity index (χ4v) is 3.22. The minimum atomic E-state index is -1.71. The van der Waals surface area contributed by atoms with Crippen LogP contribution in [0.2, 0.25) is 0 Å². The van der Waals surface area contributed by atoms with E-state index in [1.54, 1.807) is 32.9 Å². The van der Waals surface area contributed by atoms with E-state index in [2.05, 4.69) is 20.7 Å². The zero-order chi connectivity index (χ0) is 19.3. The largest absolute Gasteiger partial charge is 0.249 e. The van der Waals surface area contributed by atoms with Crippen molar-refractivity contribution in [2.75, 3.05) is 6.67 Å². The summed E-state index contributed by atoms with van der Waals surface area (Å²) in [5.74, 6) is -0.678. The molecule has 0 saturated carbocycles. The highest BCUT2D eigenvalue weighted by Gasteiger charge is 2.38. The lowest BCUT2D eigenvalue weighted by Crippen LogP contribution is -2.50. The van der Waals surface area contributed by atoms with Crippen LogP contribution in [0.3, 0.4) is 0 Å². The van der Waals surface area contributed by atoms with Crippen LogP contribution in [0.15, 0.2) is 34.3 Å². The Kier molecular flexibility index (Phi) is 7.43. The molecule has 0 aliphatic carbocycles. The number of nitrogens with one attached hydrogen (secondary N) is 1. The summed E-state index contributed by atoms with van der Waals surface area (Å²) in [7, 11) is -1.71. The number of benzene rings is 1. The molecule has 8 heteroatoms. The Morgan fingerprint density at radius 2 is 1.96 bits per heavy atom. The molecule has 1 rings (SSSR count). The molecule has 1 N–H and O–H groups in total. The molecule has 0 aromatic heterocycles. The summed E-state index contributed by atoms with van der Waals surface area (Å²) >= 11 is 3.22. The molecule has 1 aromatic carbocycles. The molecule has 0 aliphatic rings. The van der Waals surface area contributed by atoms with Crippen molar-refractivity contribution in [3.8, 4) is 12.1 Å². The third-order valence-electron chi connectivity index (χ3n) is 3.41. The number of halogens is 3. The molecule has 0 bridgehead atoms. The van der Waals surface area contributed by atoms with E-state index in [9.17, 15) is 13.0 Å². The molecule has 4 nitrogen and oxygen atoms in total. The average molecular weight is 430 g/mol. The maximum Gasteiger partial charge on any atom is 0.128 e. The van der Waals surface area contributed by atoms with Crippen molar-refractivity contribution in [2.45, 2.75) is 37.5 Å². The molecule has 0 radical (unpaired) electrons. The Morgan fingerprint density at radius 3 is 2.44 bits per heavy atom. The summed E-state index contributed by atoms with van der Waals surface area (Å²) in [6, 6.07) is 7.40. The normalized spacial score (nSPS) is 14.7. The molecular weight excluding hydrogens is 412 g/mol. The van der Waals surface area contributed by atoms with Gasteiger partial charge in [-0.05, 0) is 45.4 Å². The molecule has 0 spiro atoms. The van der Waals surface area contributed by atoms with Crippen molar-refractivity contribution in [2.24, 2.45) is 0 Å². The Balaban J connectivity index is 3.51. The number of hydrogen-bond donors (Lipinski definition) is 1. The van der Waals surface area contributed by atoms with E-state index >= 15 is 0 Å². The fraction of sp³-hybridized carbons (Fsp3) is 0.412. The fourth-order valence-electron chi connectivity index (χ4n) is 1.95. The number of nitriles is 2. The first kappa shape index (κ1) is 21.4. The summed E-state index contributed by atoms with van der Waals surface area (Å²) in [5, 5.41) is 17.8. The molecule has 2 atom stereocenters. The van der Waals surface area contributed by atoms with Crippen molar-refractivity contribution in [3.05, 3.63) is 45.7 Å². The summed E-state index contributed by atoms with van der Waals surface area (Å²) in [6.07, 6.45) is 1.00. The summed E-state index contributed by atoms with van der Waals surface area (Å²) in [6.45, 7) is 4.01. The molecule has 0 heterocycles. The molecule has 25 heavy (non-hydrogen) atoms. The van der Waals surface area contributed by atoms with Gasteiger partial charge in [0.1, 0.15) is 30.2 Å². The van der Waals surface area contributed by atoms with Crippen molar-refractivity contribution < 1.29 is 13.0 Å². The van der Waals surface area contributed by atoms with Crippen LogP contribution in [0.25, 0.3) is 0 Å². The first-order chi connectivity index (χ1) is 11.6. The van der Waals surface area contributed by atoms with E-state index in [0.717, 1.165) is 0 Å². The zero-order valence-corrected chi connectivity index (χ0v) is 16.5. The van der Waals surface area contributed by atoms with Gasteiger partial charge in [0, 0.05) is 10.0 Å². The molecule has 1 aromatic rings. The van der Waals surface area contributed by atoms with Gasteiger partial charge in [-0.3, -0.25) is 0 Å². The van der Waals surface area contributed by atoms with Crippen LogP contribution in [-0.2, 0) is 16.5 Å². The molecule has 0 fully saturated rings. The van der Waals surface area contributed by atoms with Crippen molar-refractivity contribution in [1.29, 1.82) is 10.5 Å². The molecule has 134 valence electrons. The highest BCUT2D eigenvalue weighted by molar-refractivity contribution is 9.10. The number of allylic oxidation sites excluding steroid dienone is 1. The SMILES string of the molecule is CC(C)(C)[S@@](=O)N[C@@](CF)(CC=C(C#N)C#N)c1cc(Br)ccc1F. The van der Waals surface area contributed by atoms with E-state index < -0.39 is 33.8 Å². The van der Waals surface area contributed by atoms with Gasteiger partial charge in [0.05, 0.1) is 21.3 Å². The van der Waals surface area contributed by atoms with Gasteiger partial charge in [-0.1, -0.05) is 22.0 Å². The number of rotatable bonds is 6. The highest BCUT2D eigenvalue weighted by atomic mass is 79.9. The smallest absolute Gasteiger partial charge is 0.128 e. The third-order valence-corrected chi connectivity index (χ3v) is 5.59. The number of hydrogen-bond acceptors (Lipinski definition) is 3. The summed E-state index contributed by atoms with van der Waals surface area (Å²) in [5.41, 5.74) is -1.93. The summed E-state index contributed by atoms with van der Waals surface area (Å²) in [4.78, 5) is 0. The maximum atomic E-state index is 14.4. The molecule has 0 unspecified atom stereocenters. The van der Waals surface area contributed by atoms with Crippen molar-refractivity contribution in [3.63, 3.8) is 0 Å². The van der Waals surface area contributed by atoms with Crippen LogP contribution in [-0.4, -0.2) is 15.6 Å². The predicted molar refractivity (Wildman–Crippen MR) is 96.7 cm³/mol. The van der Waals surface area contributed by atoms with E-state index in [-0.39, 0.29) is 17.6 Å². The van der Waals surface area contributed by atoms with Crippen molar-refractivity contribution in [1.82, 2.24) is 4.72 Å². The number of nitrogens with zero attached hydrogens (tertiary/aromatic N) is 2. The lowest BCUT2D eigenvalue weighted by molar-refractivity contribution is 0.280. The lowest BCUT2D eigenvalue weighted by Gasteiger charge is -2.34. The van der Waals surface area contributed by atoms with E-state index in [1.807, 2.05) is 0 Å². The standard InChI is InChI=1S/C17H18BrF2N3OS/c1-16(2,3)25(24)23-17(11-19,7-6-12(9-21)10-22)14-8-13(18)4-5-15(14)20/h4-6,8,23H,7,11H2,1-3H3/t17-,25-/m1/s1. The Bertz CT molecular complexity index is 762. The average Bonchev–Trinajstić information content (AvgIpc) is 2.55. The third kappa shape index (κ3) is 5.43. The molecule has 0 aliphatic heterocycles. The second kappa shape index (κ2) is 8.66. The van der Waals surface area contributed by atoms with E-state index in [1.165, 1.54) is 24.3 Å². The highest BCUT2D eigenvalue weighted by Crippen LogP contribution is 2.33. The Morgan fingerprint density at radius 1 is 1.36 bits per heavy atom. The monoisotopic (exact) mass is 429 g/mol. The van der Waals surface area contributed by atoms with Crippen LogP contribution in [0.4, 0.5) is 8.78 Å². The topological polar surface area (TPSA) is 76.7 Å². The summed E-state index contributed by atoms with van der Waals surface area (Å²) < 4.78 is 43.6. The van der Waals surface area contributed by atoms with Gasteiger partial charge in [0.15, 0.2) is 0 Å². The van der Waals surface area contributed by atoms with Crippen LogP contribution < -0.4 is 4.72 Å². The predicted octanol–water partition coefficient (Wildman–Crippen LogP) is 4.17. The van der Waals surface area contributed by atoms with Gasteiger partial charge in [-0.15, -0.1) is 0 Å². The minimum absolute atomic E-state index is 0.0338. The second-order valence-electron chi connectivity index (χ2n) is 6.37. The number of alkyl halides is 1. The van der Waals surface area contributed by atoms with Gasteiger partial charge in [-0.25, -0.2) is 17.7 Å². The van der Waals surface area contributed by atoms with E-state index in [4.69, 9.17) is 10.5 Å². The van der Waals surface area contributed by atoms with Crippen molar-refractivity contribution >= 4 is 26.9 Å². The van der Waals surface area contributed by atoms with Gasteiger partial charge in [0.2, 0.25) is 0 Å². The molecule has 0 saturated heterocycles. The molecular formula is C17H18BrF2N3OS. The maximum absolute atomic E-state index is 14.4. The molecule has 0 amide bonds. The van der Waals surface area contributed by atoms with Crippen LogP contribution in [0.1, 0.15) is 32.8 Å². The minimum Gasteiger partial charge on any atom is -0.249 e. The van der Waals surface area contributed by atoms with Gasteiger partial charge in [-0.2, -0.15) is 10.5 Å². The van der Waals surface area contributed by atoms with Crippen LogP contribution in [0, 0.1) is 28.5 Å². The lowest BCUT2D eigenvalue weighted by atomic mass is 9.87. The Hall–Kier alpha value is -1.61. The zero-order valence-electron chi connectivity index (χ0n) is 14.1. The van der Waals surface area contributed by atoms with Crippen LogP contribution >= 0.6 is 15.9 Å². The second-order valence-corrected chi connectivity index (χ2v) is 9.25. The Labute approximate surface area is 157 Å². The first-order valence-electron chi connectivity index (χ1n) is 7.31. The van der Waals surface area contributed by atoms with Crippen LogP contribution in [0.5, 0.6) is 0 Å². The van der Waals surface area contributed by atoms with Gasteiger partial charge < -0.3 is 0 Å². The van der Waals surface area contributed by atoms with Gasteiger partial charge >= 0.3 is 0 Å². The quantitative estimate of drug-likeness (QED) is 0.689. The van der Waals surface area contributed by atoms with Gasteiger partial charge in [0.25, 0.3) is 0 Å².